The molecule has 0 saturated carbocycles. The van der Waals surface area contributed by atoms with Crippen LogP contribution in [-0.2, 0) is 23.1 Å². The summed E-state index contributed by atoms with van der Waals surface area (Å²) in [6, 6.07) is 0. The molecule has 0 unspecified atom stereocenters. The van der Waals surface area contributed by atoms with Crippen LogP contribution in [0.2, 0.25) is 0 Å². The van der Waals surface area contributed by atoms with Crippen molar-refractivity contribution in [1.82, 2.24) is 0 Å². The molecule has 0 aliphatic carbocycles. The summed E-state index contributed by atoms with van der Waals surface area (Å²) in [4.78, 5) is 10.2. The second-order valence-electron chi connectivity index (χ2n) is 3.67. The van der Waals surface area contributed by atoms with E-state index in [1.165, 1.54) is 0 Å². The lowest BCUT2D eigenvalue weighted by Gasteiger charge is -2.33. The van der Waals surface area contributed by atoms with Gasteiger partial charge in [-0.25, -0.2) is 9.36 Å². The number of halogens is 1. The van der Waals surface area contributed by atoms with E-state index < -0.39 is 18.3 Å². The highest BCUT2D eigenvalue weighted by Gasteiger charge is 2.38. The van der Waals surface area contributed by atoms with Gasteiger partial charge in [-0.15, -0.1) is 0 Å². The first-order valence-corrected chi connectivity index (χ1v) is 6.66. The Bertz CT molecular complexity index is 281. The maximum absolute atomic E-state index is 11.1. The Morgan fingerprint density at radius 2 is 2.13 bits per heavy atom. The highest BCUT2D eigenvalue weighted by molar-refractivity contribution is 7.81. The molecular weight excluding hydrogens is 246 g/mol. The van der Waals surface area contributed by atoms with Crippen LogP contribution >= 0.6 is 18.2 Å². The minimum absolute atomic E-state index is 0.118. The molecular formula is C7H12ClO6P. The monoisotopic (exact) mass is 258 g/mol. The summed E-state index contributed by atoms with van der Waals surface area (Å²) in [5.41, 5.74) is -0.516. The molecule has 1 saturated heterocycles. The minimum Gasteiger partial charge on any atom is -0.480 e. The number of carbonyl (C=O) groups is 1. The van der Waals surface area contributed by atoms with Gasteiger partial charge in [0, 0.05) is 16.7 Å². The maximum atomic E-state index is 11.1. The molecule has 88 valence electrons. The van der Waals surface area contributed by atoms with Gasteiger partial charge in [0.05, 0.1) is 19.8 Å². The molecule has 1 aliphatic rings. The average Bonchev–Trinajstić information content (AvgIpc) is 2.11. The summed E-state index contributed by atoms with van der Waals surface area (Å²) in [5.74, 6) is -1.04. The SMILES string of the molecule is CC1(COCC(=O)O)COP(=O)(Cl)OC1. The molecule has 0 amide bonds. The van der Waals surface area contributed by atoms with Gasteiger partial charge in [-0.1, -0.05) is 6.92 Å². The van der Waals surface area contributed by atoms with Crippen LogP contribution in [0.25, 0.3) is 0 Å². The number of ether oxygens (including phenoxy) is 1. The summed E-state index contributed by atoms with van der Waals surface area (Å²) >= 11 is 5.36. The standard InChI is InChI=1S/C7H12ClO6P/c1-7(3-12-2-6(9)10)4-13-15(8,11)14-5-7/h2-5H2,1H3,(H,9,10). The molecule has 0 radical (unpaired) electrons. The lowest BCUT2D eigenvalue weighted by atomic mass is 9.94. The third kappa shape index (κ3) is 4.49. The van der Waals surface area contributed by atoms with Crippen molar-refractivity contribution in [2.75, 3.05) is 26.4 Å². The Labute approximate surface area is 91.8 Å². The van der Waals surface area contributed by atoms with Crippen LogP contribution in [-0.4, -0.2) is 37.5 Å². The van der Waals surface area contributed by atoms with E-state index in [2.05, 4.69) is 0 Å². The smallest absolute Gasteiger partial charge is 0.424 e. The first-order chi connectivity index (χ1) is 6.83. The second kappa shape index (κ2) is 4.80. The lowest BCUT2D eigenvalue weighted by molar-refractivity contribution is -0.144. The maximum Gasteiger partial charge on any atom is 0.424 e. The van der Waals surface area contributed by atoms with E-state index in [4.69, 9.17) is 30.1 Å². The molecule has 0 aromatic heterocycles. The number of carboxylic acid groups (broad SMARTS) is 1. The predicted octanol–water partition coefficient (Wildman–Crippen LogP) is 1.49. The zero-order valence-electron chi connectivity index (χ0n) is 8.14. The molecule has 1 heterocycles. The second-order valence-corrected chi connectivity index (χ2v) is 6.29. The van der Waals surface area contributed by atoms with Gasteiger partial charge in [0.2, 0.25) is 0 Å². The molecule has 1 N–H and O–H groups in total. The largest absolute Gasteiger partial charge is 0.480 e. The van der Waals surface area contributed by atoms with Crippen molar-refractivity contribution in [3.8, 4) is 0 Å². The fourth-order valence-corrected chi connectivity index (χ4v) is 2.31. The fourth-order valence-electron chi connectivity index (χ4n) is 1.01. The van der Waals surface area contributed by atoms with Gasteiger partial charge in [-0.3, -0.25) is 9.05 Å². The first-order valence-electron chi connectivity index (χ1n) is 4.21. The third-order valence-electron chi connectivity index (χ3n) is 1.81. The van der Waals surface area contributed by atoms with Crippen LogP contribution in [0.1, 0.15) is 6.92 Å². The van der Waals surface area contributed by atoms with Gasteiger partial charge >= 0.3 is 12.9 Å². The van der Waals surface area contributed by atoms with E-state index in [0.29, 0.717) is 0 Å². The predicted molar refractivity (Wildman–Crippen MR) is 51.9 cm³/mol. The highest BCUT2D eigenvalue weighted by atomic mass is 35.7. The Morgan fingerprint density at radius 1 is 1.60 bits per heavy atom. The topological polar surface area (TPSA) is 82.1 Å². The molecule has 8 heteroatoms. The molecule has 0 aromatic rings. The van der Waals surface area contributed by atoms with Crippen molar-refractivity contribution >= 4 is 24.2 Å². The van der Waals surface area contributed by atoms with Crippen molar-refractivity contribution in [3.63, 3.8) is 0 Å². The van der Waals surface area contributed by atoms with Gasteiger partial charge in [0.15, 0.2) is 0 Å². The summed E-state index contributed by atoms with van der Waals surface area (Å²) in [5, 5.41) is 8.36. The molecule has 0 atom stereocenters. The van der Waals surface area contributed by atoms with Gasteiger partial charge < -0.3 is 9.84 Å². The normalized spacial score (nSPS) is 36.4. The summed E-state index contributed by atoms with van der Waals surface area (Å²) in [6.45, 7) is -1.64. The molecule has 0 aromatic carbocycles. The van der Waals surface area contributed by atoms with Crippen LogP contribution in [0.3, 0.4) is 0 Å². The van der Waals surface area contributed by atoms with E-state index in [1.54, 1.807) is 6.92 Å². The molecule has 15 heavy (non-hydrogen) atoms. The summed E-state index contributed by atoms with van der Waals surface area (Å²) < 4.78 is 25.6. The molecule has 1 fully saturated rings. The fraction of sp³-hybridized carbons (Fsp3) is 0.857. The molecule has 0 bridgehead atoms. The number of rotatable bonds is 4. The highest BCUT2D eigenvalue weighted by Crippen LogP contribution is 2.57. The van der Waals surface area contributed by atoms with Crippen molar-refractivity contribution in [3.05, 3.63) is 0 Å². The van der Waals surface area contributed by atoms with Crippen LogP contribution in [0.5, 0.6) is 0 Å². The van der Waals surface area contributed by atoms with Gasteiger partial charge in [0.25, 0.3) is 0 Å². The molecule has 6 nitrogen and oxygen atoms in total. The first kappa shape index (κ1) is 12.9. The van der Waals surface area contributed by atoms with E-state index in [0.717, 1.165) is 0 Å². The van der Waals surface area contributed by atoms with Crippen LogP contribution in [0, 0.1) is 5.41 Å². The lowest BCUT2D eigenvalue weighted by Crippen LogP contribution is -2.36. The van der Waals surface area contributed by atoms with Gasteiger partial charge in [-0.2, -0.15) is 0 Å². The minimum atomic E-state index is -3.42. The molecule has 1 rings (SSSR count). The van der Waals surface area contributed by atoms with Crippen molar-refractivity contribution in [2.45, 2.75) is 6.92 Å². The number of aliphatic carboxylic acids is 1. The van der Waals surface area contributed by atoms with Gasteiger partial charge in [-0.05, 0) is 0 Å². The Morgan fingerprint density at radius 3 is 2.60 bits per heavy atom. The number of hydrogen-bond donors (Lipinski definition) is 1. The summed E-state index contributed by atoms with van der Waals surface area (Å²) in [6.07, 6.45) is 0. The van der Waals surface area contributed by atoms with E-state index >= 15 is 0 Å². The Kier molecular flexibility index (Phi) is 4.14. The Balaban J connectivity index is 2.35. The average molecular weight is 259 g/mol. The molecule has 0 spiro atoms. The van der Waals surface area contributed by atoms with E-state index in [9.17, 15) is 9.36 Å². The number of hydrogen-bond acceptors (Lipinski definition) is 5. The van der Waals surface area contributed by atoms with Crippen molar-refractivity contribution in [1.29, 1.82) is 0 Å². The summed E-state index contributed by atoms with van der Waals surface area (Å²) in [7, 11) is 0. The zero-order valence-corrected chi connectivity index (χ0v) is 9.79. The van der Waals surface area contributed by atoms with E-state index in [-0.39, 0.29) is 26.4 Å². The number of carboxylic acids is 1. The Hall–Kier alpha value is -0.130. The van der Waals surface area contributed by atoms with Crippen LogP contribution < -0.4 is 0 Å². The third-order valence-corrected chi connectivity index (χ3v) is 3.27. The van der Waals surface area contributed by atoms with Gasteiger partial charge in [0.1, 0.15) is 6.61 Å². The van der Waals surface area contributed by atoms with Crippen LogP contribution in [0.15, 0.2) is 0 Å². The van der Waals surface area contributed by atoms with Crippen molar-refractivity contribution in [2.24, 2.45) is 5.41 Å². The van der Waals surface area contributed by atoms with Crippen molar-refractivity contribution < 1.29 is 28.3 Å². The van der Waals surface area contributed by atoms with Crippen LogP contribution in [0.4, 0.5) is 0 Å². The quantitative estimate of drug-likeness (QED) is 0.769. The molecule has 1 aliphatic heterocycles. The zero-order chi connectivity index (χ0) is 11.5. The van der Waals surface area contributed by atoms with E-state index in [1.807, 2.05) is 0 Å².